The Balaban J connectivity index is 1.89. The molecule has 2 amide bonds. The van der Waals surface area contributed by atoms with Gasteiger partial charge in [-0.25, -0.2) is 0 Å². The summed E-state index contributed by atoms with van der Waals surface area (Å²) in [5.41, 5.74) is 1.97. The smallest absolute Gasteiger partial charge is 0.243 e. The van der Waals surface area contributed by atoms with Gasteiger partial charge >= 0.3 is 0 Å². The standard InChI is InChI=1S/C27H28BrClN2O2S/c1-19(2)30-27(33)25(16-20-6-4-3-5-7-20)31(17-21-8-10-22(28)11-9-21)26(32)18-34-24-14-12-23(29)13-15-24/h3-15,19,25H,16-18H2,1-2H3,(H,30,33). The molecule has 0 fully saturated rings. The Kier molecular flexibility index (Phi) is 10.1. The highest BCUT2D eigenvalue weighted by Gasteiger charge is 2.30. The van der Waals surface area contributed by atoms with E-state index >= 15 is 0 Å². The minimum absolute atomic E-state index is 0.0288. The van der Waals surface area contributed by atoms with Crippen molar-refractivity contribution in [1.29, 1.82) is 0 Å². The second-order valence-corrected chi connectivity index (χ2v) is 10.7. The molecule has 7 heteroatoms. The molecule has 34 heavy (non-hydrogen) atoms. The monoisotopic (exact) mass is 558 g/mol. The van der Waals surface area contributed by atoms with E-state index < -0.39 is 6.04 Å². The first-order chi connectivity index (χ1) is 16.3. The molecule has 0 saturated heterocycles. The maximum absolute atomic E-state index is 13.6. The van der Waals surface area contributed by atoms with Crippen LogP contribution in [0.3, 0.4) is 0 Å². The first kappa shape index (κ1) is 26.3. The van der Waals surface area contributed by atoms with Crippen LogP contribution in [0.4, 0.5) is 0 Å². The molecule has 3 aromatic carbocycles. The summed E-state index contributed by atoms with van der Waals surface area (Å²) in [6, 6.07) is 24.4. The lowest BCUT2D eigenvalue weighted by Crippen LogP contribution is -2.52. The van der Waals surface area contributed by atoms with E-state index in [-0.39, 0.29) is 23.6 Å². The Labute approximate surface area is 219 Å². The molecule has 3 rings (SSSR count). The van der Waals surface area contributed by atoms with Gasteiger partial charge in [0.1, 0.15) is 6.04 Å². The summed E-state index contributed by atoms with van der Waals surface area (Å²) in [5, 5.41) is 3.67. The molecule has 1 N–H and O–H groups in total. The molecule has 0 aliphatic carbocycles. The zero-order valence-corrected chi connectivity index (χ0v) is 22.4. The number of rotatable bonds is 10. The summed E-state index contributed by atoms with van der Waals surface area (Å²) in [7, 11) is 0. The molecule has 0 saturated carbocycles. The van der Waals surface area contributed by atoms with Crippen LogP contribution in [0.15, 0.2) is 88.2 Å². The third-order valence-corrected chi connectivity index (χ3v) is 6.92. The van der Waals surface area contributed by atoms with Crippen molar-refractivity contribution in [2.24, 2.45) is 0 Å². The van der Waals surface area contributed by atoms with E-state index in [4.69, 9.17) is 11.6 Å². The van der Waals surface area contributed by atoms with Crippen molar-refractivity contribution in [1.82, 2.24) is 10.2 Å². The van der Waals surface area contributed by atoms with Crippen molar-refractivity contribution in [2.75, 3.05) is 5.75 Å². The Hall–Kier alpha value is -2.28. The van der Waals surface area contributed by atoms with E-state index in [2.05, 4.69) is 21.2 Å². The Bertz CT molecular complexity index is 1080. The molecule has 3 aromatic rings. The maximum atomic E-state index is 13.6. The van der Waals surface area contributed by atoms with Gasteiger partial charge in [-0.05, 0) is 61.4 Å². The fourth-order valence-electron chi connectivity index (χ4n) is 3.48. The molecule has 0 aliphatic heterocycles. The van der Waals surface area contributed by atoms with Gasteiger partial charge in [-0.15, -0.1) is 11.8 Å². The van der Waals surface area contributed by atoms with Crippen LogP contribution in [0.25, 0.3) is 0 Å². The molecule has 1 atom stereocenters. The van der Waals surface area contributed by atoms with Gasteiger partial charge in [0.05, 0.1) is 5.75 Å². The van der Waals surface area contributed by atoms with Crippen molar-refractivity contribution in [3.05, 3.63) is 99.5 Å². The SMILES string of the molecule is CC(C)NC(=O)C(Cc1ccccc1)N(Cc1ccc(Br)cc1)C(=O)CSc1ccc(Cl)cc1. The number of benzene rings is 3. The van der Waals surface area contributed by atoms with Gasteiger partial charge in [0, 0.05) is 33.4 Å². The fraction of sp³-hybridized carbons (Fsp3) is 0.259. The number of hydrogen-bond acceptors (Lipinski definition) is 3. The third kappa shape index (κ3) is 8.19. The summed E-state index contributed by atoms with van der Waals surface area (Å²) >= 11 is 10.9. The summed E-state index contributed by atoms with van der Waals surface area (Å²) in [6.45, 7) is 4.19. The highest BCUT2D eigenvalue weighted by atomic mass is 79.9. The zero-order valence-electron chi connectivity index (χ0n) is 19.2. The van der Waals surface area contributed by atoms with Crippen LogP contribution in [0.1, 0.15) is 25.0 Å². The molecule has 0 spiro atoms. The molecular weight excluding hydrogens is 532 g/mol. The highest BCUT2D eigenvalue weighted by molar-refractivity contribution is 9.10. The topological polar surface area (TPSA) is 49.4 Å². The second kappa shape index (κ2) is 13.0. The van der Waals surface area contributed by atoms with Crippen LogP contribution in [0, 0.1) is 0 Å². The summed E-state index contributed by atoms with van der Waals surface area (Å²) in [4.78, 5) is 29.5. The van der Waals surface area contributed by atoms with Gasteiger partial charge in [0.15, 0.2) is 0 Å². The third-order valence-electron chi connectivity index (χ3n) is 5.14. The van der Waals surface area contributed by atoms with E-state index in [0.717, 1.165) is 20.5 Å². The van der Waals surface area contributed by atoms with Crippen molar-refractivity contribution in [3.8, 4) is 0 Å². The van der Waals surface area contributed by atoms with E-state index in [9.17, 15) is 9.59 Å². The lowest BCUT2D eigenvalue weighted by atomic mass is 10.0. The highest BCUT2D eigenvalue weighted by Crippen LogP contribution is 2.23. The van der Waals surface area contributed by atoms with E-state index in [1.54, 1.807) is 4.90 Å². The summed E-state index contributed by atoms with van der Waals surface area (Å²) < 4.78 is 0.964. The fourth-order valence-corrected chi connectivity index (χ4v) is 4.65. The molecule has 1 unspecified atom stereocenters. The van der Waals surface area contributed by atoms with E-state index in [1.165, 1.54) is 11.8 Å². The molecule has 178 valence electrons. The van der Waals surface area contributed by atoms with Crippen LogP contribution < -0.4 is 5.32 Å². The van der Waals surface area contributed by atoms with Gasteiger partial charge in [-0.2, -0.15) is 0 Å². The van der Waals surface area contributed by atoms with E-state index in [0.29, 0.717) is 18.0 Å². The normalized spacial score (nSPS) is 11.8. The molecule has 0 bridgehead atoms. The van der Waals surface area contributed by atoms with Crippen molar-refractivity contribution < 1.29 is 9.59 Å². The second-order valence-electron chi connectivity index (χ2n) is 8.26. The van der Waals surface area contributed by atoms with Crippen LogP contribution in [-0.4, -0.2) is 34.6 Å². The van der Waals surface area contributed by atoms with Gasteiger partial charge in [-0.1, -0.05) is 70.0 Å². The number of nitrogens with one attached hydrogen (secondary N) is 1. The van der Waals surface area contributed by atoms with Crippen LogP contribution in [0.5, 0.6) is 0 Å². The number of carbonyl (C=O) groups is 2. The first-order valence-electron chi connectivity index (χ1n) is 11.1. The van der Waals surface area contributed by atoms with E-state index in [1.807, 2.05) is 92.7 Å². The zero-order chi connectivity index (χ0) is 24.5. The lowest BCUT2D eigenvalue weighted by molar-refractivity contribution is -0.139. The van der Waals surface area contributed by atoms with Crippen LogP contribution in [0.2, 0.25) is 5.02 Å². The molecule has 0 heterocycles. The summed E-state index contributed by atoms with van der Waals surface area (Å²) in [6.07, 6.45) is 0.438. The predicted molar refractivity (Wildman–Crippen MR) is 144 cm³/mol. The average Bonchev–Trinajstić information content (AvgIpc) is 2.82. The molecular formula is C27H28BrClN2O2S. The lowest BCUT2D eigenvalue weighted by Gasteiger charge is -2.32. The number of nitrogens with zero attached hydrogens (tertiary/aromatic N) is 1. The number of halogens is 2. The van der Waals surface area contributed by atoms with Crippen molar-refractivity contribution in [3.63, 3.8) is 0 Å². The Morgan fingerprint density at radius 3 is 2.21 bits per heavy atom. The van der Waals surface area contributed by atoms with Crippen LogP contribution in [-0.2, 0) is 22.6 Å². The van der Waals surface area contributed by atoms with Crippen LogP contribution >= 0.6 is 39.3 Å². The van der Waals surface area contributed by atoms with Crippen molar-refractivity contribution >= 4 is 51.1 Å². The van der Waals surface area contributed by atoms with Crippen molar-refractivity contribution in [2.45, 2.75) is 43.8 Å². The van der Waals surface area contributed by atoms with Gasteiger partial charge in [0.25, 0.3) is 0 Å². The Morgan fingerprint density at radius 2 is 1.59 bits per heavy atom. The predicted octanol–water partition coefficient (Wildman–Crippen LogP) is 6.36. The number of hydrogen-bond donors (Lipinski definition) is 1. The number of thioether (sulfide) groups is 1. The Morgan fingerprint density at radius 1 is 0.941 bits per heavy atom. The van der Waals surface area contributed by atoms with Gasteiger partial charge in [0.2, 0.25) is 11.8 Å². The van der Waals surface area contributed by atoms with Gasteiger partial charge < -0.3 is 10.2 Å². The molecule has 0 aliphatic rings. The minimum atomic E-state index is -0.633. The molecule has 0 radical (unpaired) electrons. The average molecular weight is 560 g/mol. The van der Waals surface area contributed by atoms with Gasteiger partial charge in [-0.3, -0.25) is 9.59 Å². The number of amides is 2. The maximum Gasteiger partial charge on any atom is 0.243 e. The molecule has 4 nitrogen and oxygen atoms in total. The first-order valence-corrected chi connectivity index (χ1v) is 13.2. The minimum Gasteiger partial charge on any atom is -0.352 e. The largest absolute Gasteiger partial charge is 0.352 e. The number of carbonyl (C=O) groups excluding carboxylic acids is 2. The molecule has 0 aromatic heterocycles. The summed E-state index contributed by atoms with van der Waals surface area (Å²) in [5.74, 6) is -0.0261. The quantitative estimate of drug-likeness (QED) is 0.294.